The van der Waals surface area contributed by atoms with E-state index < -0.39 is 15.1 Å². The molecule has 1 saturated heterocycles. The van der Waals surface area contributed by atoms with Crippen molar-refractivity contribution in [2.24, 2.45) is 0 Å². The van der Waals surface area contributed by atoms with Crippen LogP contribution in [0.3, 0.4) is 0 Å². The lowest BCUT2D eigenvalue weighted by Gasteiger charge is -2.21. The third-order valence-corrected chi connectivity index (χ3v) is 3.86. The van der Waals surface area contributed by atoms with Crippen LogP contribution in [0.1, 0.15) is 44.5 Å². The van der Waals surface area contributed by atoms with Crippen LogP contribution < -0.4 is 0 Å². The first kappa shape index (κ1) is 14.0. The molecule has 1 atom stereocenters. The summed E-state index contributed by atoms with van der Waals surface area (Å²) in [5, 5.41) is 6.91. The van der Waals surface area contributed by atoms with Gasteiger partial charge in [0.25, 0.3) is 0 Å². The second-order valence-corrected chi connectivity index (χ2v) is 6.57. The molecule has 0 radical (unpaired) electrons. The number of sulfone groups is 1. The van der Waals surface area contributed by atoms with Crippen molar-refractivity contribution in [1.82, 2.24) is 15.1 Å². The normalized spacial score (nSPS) is 19.9. The van der Waals surface area contributed by atoms with Gasteiger partial charge in [-0.2, -0.15) is 0 Å². The van der Waals surface area contributed by atoms with Gasteiger partial charge >= 0.3 is 5.22 Å². The molecule has 1 aliphatic heterocycles. The minimum absolute atomic E-state index is 0.0455. The fraction of sp³-hybridized carbons (Fsp3) is 0.727. The van der Waals surface area contributed by atoms with E-state index in [1.54, 1.807) is 4.90 Å². The summed E-state index contributed by atoms with van der Waals surface area (Å²) in [7, 11) is -3.50. The van der Waals surface area contributed by atoms with Gasteiger partial charge in [-0.3, -0.25) is 4.79 Å². The summed E-state index contributed by atoms with van der Waals surface area (Å²) < 4.78 is 27.8. The van der Waals surface area contributed by atoms with Crippen molar-refractivity contribution in [2.45, 2.75) is 43.9 Å². The monoisotopic (exact) mass is 287 g/mol. The summed E-state index contributed by atoms with van der Waals surface area (Å²) in [6, 6.07) is -0.290. The summed E-state index contributed by atoms with van der Waals surface area (Å²) in [4.78, 5) is 13.6. The van der Waals surface area contributed by atoms with E-state index in [0.717, 1.165) is 25.5 Å². The number of likely N-dealkylation sites (tertiary alicyclic amines) is 1. The van der Waals surface area contributed by atoms with Crippen molar-refractivity contribution < 1.29 is 17.6 Å². The number of aromatic nitrogens is 2. The average molecular weight is 287 g/mol. The number of amides is 1. The van der Waals surface area contributed by atoms with Crippen LogP contribution in [0.4, 0.5) is 0 Å². The molecule has 0 N–H and O–H groups in total. The number of carbonyl (C=O) groups is 1. The zero-order valence-electron chi connectivity index (χ0n) is 11.0. The van der Waals surface area contributed by atoms with Gasteiger partial charge < -0.3 is 9.32 Å². The van der Waals surface area contributed by atoms with Crippen LogP contribution in [0.5, 0.6) is 0 Å². The van der Waals surface area contributed by atoms with Gasteiger partial charge in [-0.25, -0.2) is 8.42 Å². The number of hydrogen-bond donors (Lipinski definition) is 0. The highest BCUT2D eigenvalue weighted by Gasteiger charge is 2.34. The van der Waals surface area contributed by atoms with E-state index in [4.69, 9.17) is 4.42 Å². The highest BCUT2D eigenvalue weighted by molar-refractivity contribution is 7.90. The molecule has 2 heterocycles. The Hall–Kier alpha value is -1.44. The topological polar surface area (TPSA) is 93.4 Å². The maximum Gasteiger partial charge on any atom is 0.335 e. The molecule has 1 amide bonds. The van der Waals surface area contributed by atoms with E-state index in [1.165, 1.54) is 0 Å². The van der Waals surface area contributed by atoms with E-state index in [2.05, 4.69) is 10.2 Å². The van der Waals surface area contributed by atoms with Crippen molar-refractivity contribution in [3.8, 4) is 0 Å². The molecule has 0 saturated carbocycles. The molecule has 1 aliphatic rings. The molecule has 0 bridgehead atoms. The molecule has 1 aromatic heterocycles. The van der Waals surface area contributed by atoms with E-state index in [-0.39, 0.29) is 17.8 Å². The molecule has 0 unspecified atom stereocenters. The lowest BCUT2D eigenvalue weighted by Crippen LogP contribution is -2.30. The van der Waals surface area contributed by atoms with Gasteiger partial charge in [-0.1, -0.05) is 12.0 Å². The van der Waals surface area contributed by atoms with Crippen LogP contribution in [0.25, 0.3) is 0 Å². The average Bonchev–Trinajstić information content (AvgIpc) is 2.97. The molecule has 8 heteroatoms. The van der Waals surface area contributed by atoms with Crippen LogP contribution in [0, 0.1) is 0 Å². The van der Waals surface area contributed by atoms with Gasteiger partial charge in [-0.05, 0) is 19.3 Å². The molecule has 0 aromatic carbocycles. The van der Waals surface area contributed by atoms with Gasteiger partial charge in [0.05, 0.1) is 0 Å². The molecule has 0 spiro atoms. The zero-order chi connectivity index (χ0) is 14.0. The summed E-state index contributed by atoms with van der Waals surface area (Å²) in [6.45, 7) is 2.59. The quantitative estimate of drug-likeness (QED) is 0.818. The Bertz CT molecular complexity index is 566. The largest absolute Gasteiger partial charge is 0.410 e. The van der Waals surface area contributed by atoms with Crippen molar-refractivity contribution in [3.05, 3.63) is 5.89 Å². The van der Waals surface area contributed by atoms with Crippen molar-refractivity contribution in [3.63, 3.8) is 0 Å². The van der Waals surface area contributed by atoms with E-state index in [0.29, 0.717) is 13.0 Å². The summed E-state index contributed by atoms with van der Waals surface area (Å²) in [5.41, 5.74) is 0. The van der Waals surface area contributed by atoms with Gasteiger partial charge in [0.1, 0.15) is 6.04 Å². The molecule has 7 nitrogen and oxygen atoms in total. The third-order valence-electron chi connectivity index (χ3n) is 3.06. The van der Waals surface area contributed by atoms with Gasteiger partial charge in [0, 0.05) is 19.2 Å². The Morgan fingerprint density at radius 2 is 2.21 bits per heavy atom. The van der Waals surface area contributed by atoms with Crippen LogP contribution in [-0.4, -0.2) is 42.2 Å². The maximum atomic E-state index is 12.0. The Kier molecular flexibility index (Phi) is 3.88. The predicted molar refractivity (Wildman–Crippen MR) is 66.0 cm³/mol. The molecule has 0 aliphatic carbocycles. The fourth-order valence-corrected chi connectivity index (χ4v) is 2.61. The number of carbonyl (C=O) groups excluding carboxylic acids is 1. The molecular weight excluding hydrogens is 270 g/mol. The van der Waals surface area contributed by atoms with E-state index >= 15 is 0 Å². The van der Waals surface area contributed by atoms with Crippen molar-refractivity contribution in [1.29, 1.82) is 0 Å². The summed E-state index contributed by atoms with van der Waals surface area (Å²) >= 11 is 0. The molecule has 1 fully saturated rings. The Balaban J connectivity index is 2.21. The molecule has 106 valence electrons. The molecule has 1 aromatic rings. The molecule has 2 rings (SSSR count). The van der Waals surface area contributed by atoms with Crippen LogP contribution in [0.15, 0.2) is 9.64 Å². The lowest BCUT2D eigenvalue weighted by molar-refractivity contribution is -0.132. The predicted octanol–water partition coefficient (Wildman–Crippen LogP) is 0.937. The van der Waals surface area contributed by atoms with E-state index in [1.807, 2.05) is 6.92 Å². The number of rotatable bonds is 4. The van der Waals surface area contributed by atoms with Crippen molar-refractivity contribution in [2.75, 3.05) is 12.8 Å². The highest BCUT2D eigenvalue weighted by Crippen LogP contribution is 2.32. The smallest absolute Gasteiger partial charge is 0.335 e. The van der Waals surface area contributed by atoms with Gasteiger partial charge in [-0.15, -0.1) is 5.10 Å². The van der Waals surface area contributed by atoms with Crippen LogP contribution in [-0.2, 0) is 14.6 Å². The first-order chi connectivity index (χ1) is 8.93. The maximum absolute atomic E-state index is 12.0. The second-order valence-electron chi connectivity index (χ2n) is 4.67. The summed E-state index contributed by atoms with van der Waals surface area (Å²) in [6.07, 6.45) is 3.85. The highest BCUT2D eigenvalue weighted by atomic mass is 32.2. The number of hydrogen-bond acceptors (Lipinski definition) is 6. The van der Waals surface area contributed by atoms with Gasteiger partial charge in [0.2, 0.25) is 21.6 Å². The molecular formula is C11H17N3O4S. The second kappa shape index (κ2) is 5.28. The minimum atomic E-state index is -3.50. The Morgan fingerprint density at radius 1 is 1.47 bits per heavy atom. The minimum Gasteiger partial charge on any atom is -0.410 e. The fourth-order valence-electron chi connectivity index (χ4n) is 2.18. The van der Waals surface area contributed by atoms with Gasteiger partial charge in [0.15, 0.2) is 0 Å². The standard InChI is InChI=1S/C11H17N3O4S/c1-3-5-9(15)14-7-4-6-8(14)10-12-13-11(18-10)19(2,16)17/h8H,3-7H2,1-2H3/t8-/m0/s1. The SMILES string of the molecule is CCCC(=O)N1CCC[C@H]1c1nnc(S(C)(=O)=O)o1. The van der Waals surface area contributed by atoms with Crippen molar-refractivity contribution >= 4 is 15.7 Å². The first-order valence-electron chi connectivity index (χ1n) is 6.26. The molecule has 19 heavy (non-hydrogen) atoms. The Morgan fingerprint density at radius 3 is 2.79 bits per heavy atom. The van der Waals surface area contributed by atoms with Crippen LogP contribution >= 0.6 is 0 Å². The van der Waals surface area contributed by atoms with Crippen LogP contribution in [0.2, 0.25) is 0 Å². The zero-order valence-corrected chi connectivity index (χ0v) is 11.8. The summed E-state index contributed by atoms with van der Waals surface area (Å²) in [5.74, 6) is 0.256. The lowest BCUT2D eigenvalue weighted by atomic mass is 10.2. The van der Waals surface area contributed by atoms with E-state index in [9.17, 15) is 13.2 Å². The number of nitrogens with zero attached hydrogens (tertiary/aromatic N) is 3. The third kappa shape index (κ3) is 2.94. The Labute approximate surface area is 111 Å². The first-order valence-corrected chi connectivity index (χ1v) is 8.15.